The third-order valence-corrected chi connectivity index (χ3v) is 6.34. The van der Waals surface area contributed by atoms with Crippen LogP contribution in [-0.2, 0) is 11.2 Å². The molecule has 1 aromatic carbocycles. The summed E-state index contributed by atoms with van der Waals surface area (Å²) in [5, 5.41) is 3.48. The molecule has 162 valence electrons. The van der Waals surface area contributed by atoms with Crippen LogP contribution in [0.3, 0.4) is 0 Å². The fourth-order valence-electron chi connectivity index (χ4n) is 4.42. The van der Waals surface area contributed by atoms with Crippen molar-refractivity contribution in [1.82, 2.24) is 10.3 Å². The Labute approximate surface area is 180 Å². The van der Waals surface area contributed by atoms with Gasteiger partial charge in [-0.1, -0.05) is 30.3 Å². The molecule has 1 unspecified atom stereocenters. The van der Waals surface area contributed by atoms with Crippen molar-refractivity contribution in [1.29, 1.82) is 0 Å². The molecular formula is C25H35N3O2. The third-order valence-electron chi connectivity index (χ3n) is 6.34. The van der Waals surface area contributed by atoms with E-state index in [9.17, 15) is 0 Å². The summed E-state index contributed by atoms with van der Waals surface area (Å²) in [6.45, 7) is 5.71. The first-order valence-corrected chi connectivity index (χ1v) is 11.5. The number of nitrogens with one attached hydrogen (secondary N) is 1. The lowest BCUT2D eigenvalue weighted by Crippen LogP contribution is -2.34. The van der Waals surface area contributed by atoms with Crippen LogP contribution >= 0.6 is 0 Å². The Balaban J connectivity index is 1.13. The molecule has 1 atom stereocenters. The molecular weight excluding hydrogens is 374 g/mol. The average Bonchev–Trinajstić information content (AvgIpc) is 3.33. The lowest BCUT2D eigenvalue weighted by Gasteiger charge is -2.33. The minimum Gasteiger partial charge on any atom is -0.490 e. The summed E-state index contributed by atoms with van der Waals surface area (Å²) < 4.78 is 11.9. The Hall–Kier alpha value is -2.11. The minimum absolute atomic E-state index is 0.485. The van der Waals surface area contributed by atoms with Crippen molar-refractivity contribution in [3.63, 3.8) is 0 Å². The number of nitrogens with zero attached hydrogens (tertiary/aromatic N) is 2. The summed E-state index contributed by atoms with van der Waals surface area (Å²) in [6.07, 6.45) is 10.9. The molecule has 1 N–H and O–H groups in total. The molecule has 0 spiro atoms. The standard InChI is InChI=1S/C25H35N3O2/c1-2-5-21(6-3-1)10-15-29-16-11-22-8-13-28(14-9-22)24-17-25(19-26-18-24)30-20-23-7-4-12-27-23/h1-3,5-6,17-19,22-23,27H,4,7-16,20H2. The van der Waals surface area contributed by atoms with Crippen LogP contribution < -0.4 is 15.0 Å². The topological polar surface area (TPSA) is 46.6 Å². The number of anilines is 1. The molecule has 30 heavy (non-hydrogen) atoms. The Morgan fingerprint density at radius 2 is 1.90 bits per heavy atom. The van der Waals surface area contributed by atoms with E-state index in [2.05, 4.69) is 51.6 Å². The molecule has 5 nitrogen and oxygen atoms in total. The van der Waals surface area contributed by atoms with Gasteiger partial charge in [0, 0.05) is 31.8 Å². The van der Waals surface area contributed by atoms with Gasteiger partial charge in [-0.3, -0.25) is 4.98 Å². The Morgan fingerprint density at radius 1 is 1.03 bits per heavy atom. The number of ether oxygens (including phenoxy) is 2. The van der Waals surface area contributed by atoms with E-state index >= 15 is 0 Å². The summed E-state index contributed by atoms with van der Waals surface area (Å²) in [6, 6.07) is 13.2. The molecule has 0 bridgehead atoms. The van der Waals surface area contributed by atoms with Gasteiger partial charge in [-0.05, 0) is 56.6 Å². The zero-order valence-corrected chi connectivity index (χ0v) is 18.0. The Bertz CT molecular complexity index is 741. The first kappa shape index (κ1) is 21.1. The largest absolute Gasteiger partial charge is 0.490 e. The van der Waals surface area contributed by atoms with E-state index < -0.39 is 0 Å². The molecule has 3 heterocycles. The lowest BCUT2D eigenvalue weighted by atomic mass is 9.94. The number of aromatic nitrogens is 1. The van der Waals surface area contributed by atoms with Gasteiger partial charge in [0.15, 0.2) is 0 Å². The van der Waals surface area contributed by atoms with Gasteiger partial charge in [0.25, 0.3) is 0 Å². The van der Waals surface area contributed by atoms with E-state index in [0.29, 0.717) is 6.04 Å². The number of benzene rings is 1. The smallest absolute Gasteiger partial charge is 0.139 e. The van der Waals surface area contributed by atoms with Crippen molar-refractivity contribution in [2.75, 3.05) is 44.4 Å². The van der Waals surface area contributed by atoms with Gasteiger partial charge in [0.2, 0.25) is 0 Å². The number of pyridine rings is 1. The van der Waals surface area contributed by atoms with Crippen LogP contribution in [0.2, 0.25) is 0 Å². The van der Waals surface area contributed by atoms with E-state index in [-0.39, 0.29) is 0 Å². The Morgan fingerprint density at radius 3 is 2.70 bits per heavy atom. The van der Waals surface area contributed by atoms with Crippen molar-refractivity contribution in [3.8, 4) is 5.75 Å². The highest BCUT2D eigenvalue weighted by Crippen LogP contribution is 2.27. The molecule has 1 aromatic heterocycles. The highest BCUT2D eigenvalue weighted by Gasteiger charge is 2.20. The second-order valence-electron chi connectivity index (χ2n) is 8.55. The van der Waals surface area contributed by atoms with Crippen LogP contribution in [0.4, 0.5) is 5.69 Å². The van der Waals surface area contributed by atoms with Gasteiger partial charge in [-0.25, -0.2) is 0 Å². The molecule has 0 amide bonds. The van der Waals surface area contributed by atoms with E-state index in [0.717, 1.165) is 57.5 Å². The van der Waals surface area contributed by atoms with Crippen molar-refractivity contribution in [2.45, 2.75) is 44.6 Å². The fourth-order valence-corrected chi connectivity index (χ4v) is 4.42. The molecule has 2 aromatic rings. The van der Waals surface area contributed by atoms with E-state index in [1.54, 1.807) is 0 Å². The summed E-state index contributed by atoms with van der Waals surface area (Å²) >= 11 is 0. The number of hydrogen-bond acceptors (Lipinski definition) is 5. The van der Waals surface area contributed by atoms with Crippen LogP contribution in [0.25, 0.3) is 0 Å². The quantitative estimate of drug-likeness (QED) is 0.599. The van der Waals surface area contributed by atoms with Gasteiger partial charge in [-0.2, -0.15) is 0 Å². The van der Waals surface area contributed by atoms with Gasteiger partial charge in [0.1, 0.15) is 12.4 Å². The van der Waals surface area contributed by atoms with Crippen LogP contribution in [-0.4, -0.2) is 50.5 Å². The molecule has 4 rings (SSSR count). The second kappa shape index (κ2) is 11.3. The molecule has 2 aliphatic heterocycles. The predicted molar refractivity (Wildman–Crippen MR) is 121 cm³/mol. The summed E-state index contributed by atoms with van der Waals surface area (Å²) in [4.78, 5) is 6.86. The van der Waals surface area contributed by atoms with Gasteiger partial charge in [0.05, 0.1) is 24.7 Å². The van der Waals surface area contributed by atoms with E-state index in [4.69, 9.17) is 9.47 Å². The predicted octanol–water partition coefficient (Wildman–Crippen LogP) is 4.08. The molecule has 0 radical (unpaired) electrons. The third kappa shape index (κ3) is 6.44. The van der Waals surface area contributed by atoms with E-state index in [1.807, 2.05) is 12.4 Å². The first-order chi connectivity index (χ1) is 14.9. The zero-order valence-electron chi connectivity index (χ0n) is 18.0. The second-order valence-corrected chi connectivity index (χ2v) is 8.55. The maximum Gasteiger partial charge on any atom is 0.139 e. The van der Waals surface area contributed by atoms with Gasteiger partial charge >= 0.3 is 0 Å². The van der Waals surface area contributed by atoms with Crippen molar-refractivity contribution < 1.29 is 9.47 Å². The first-order valence-electron chi connectivity index (χ1n) is 11.5. The summed E-state index contributed by atoms with van der Waals surface area (Å²) in [5.41, 5.74) is 2.54. The number of piperidine rings is 1. The number of rotatable bonds is 10. The monoisotopic (exact) mass is 409 g/mol. The highest BCUT2D eigenvalue weighted by molar-refractivity contribution is 5.48. The van der Waals surface area contributed by atoms with Crippen LogP contribution in [0, 0.1) is 5.92 Å². The van der Waals surface area contributed by atoms with Crippen LogP contribution in [0.1, 0.15) is 37.7 Å². The molecule has 0 aliphatic carbocycles. The molecule has 2 aliphatic rings. The zero-order chi connectivity index (χ0) is 20.4. The summed E-state index contributed by atoms with van der Waals surface area (Å²) in [7, 11) is 0. The van der Waals surface area contributed by atoms with Crippen molar-refractivity contribution >= 4 is 5.69 Å². The molecule has 5 heteroatoms. The highest BCUT2D eigenvalue weighted by atomic mass is 16.5. The minimum atomic E-state index is 0.485. The maximum absolute atomic E-state index is 5.98. The van der Waals surface area contributed by atoms with E-state index in [1.165, 1.54) is 43.4 Å². The van der Waals surface area contributed by atoms with Gasteiger partial charge < -0.3 is 19.7 Å². The van der Waals surface area contributed by atoms with Crippen molar-refractivity contribution in [3.05, 3.63) is 54.4 Å². The molecule has 0 saturated carbocycles. The normalized spacial score (nSPS) is 19.9. The average molecular weight is 410 g/mol. The van der Waals surface area contributed by atoms with Gasteiger partial charge in [-0.15, -0.1) is 0 Å². The summed E-state index contributed by atoms with van der Waals surface area (Å²) in [5.74, 6) is 1.65. The maximum atomic E-state index is 5.98. The Kier molecular flexibility index (Phi) is 7.98. The number of hydrogen-bond donors (Lipinski definition) is 1. The van der Waals surface area contributed by atoms with Crippen LogP contribution in [0.5, 0.6) is 5.75 Å². The fraction of sp³-hybridized carbons (Fsp3) is 0.560. The van der Waals surface area contributed by atoms with Crippen LogP contribution in [0.15, 0.2) is 48.8 Å². The molecule has 2 fully saturated rings. The molecule has 2 saturated heterocycles. The van der Waals surface area contributed by atoms with Crippen molar-refractivity contribution in [2.24, 2.45) is 5.92 Å². The lowest BCUT2D eigenvalue weighted by molar-refractivity contribution is 0.118. The SMILES string of the molecule is c1ccc(CCOCCC2CCN(c3cncc(OCC4CCCN4)c3)CC2)cc1.